The molecular weight excluding hydrogens is 128 g/mol. The summed E-state index contributed by atoms with van der Waals surface area (Å²) in [6.07, 6.45) is 4.40. The number of aliphatic hydroxyl groups is 1. The minimum Gasteiger partial charge on any atom is -0.512 e. The second-order valence-corrected chi connectivity index (χ2v) is 2.41. The molecule has 0 amide bonds. The molecule has 1 N–H and O–H groups in total. The standard InChI is InChI=1S/C8H10O2/c1-6(9)7-2-4-8(10)5-3-7/h2,4,9H,3,5H2,1H3/b7-6+. The van der Waals surface area contributed by atoms with Gasteiger partial charge in [-0.1, -0.05) is 6.08 Å². The Kier molecular flexibility index (Phi) is 1.90. The average molecular weight is 138 g/mol. The van der Waals surface area contributed by atoms with Crippen LogP contribution in [-0.4, -0.2) is 10.9 Å². The molecule has 0 aromatic carbocycles. The first kappa shape index (κ1) is 7.06. The predicted molar refractivity (Wildman–Crippen MR) is 38.7 cm³/mol. The van der Waals surface area contributed by atoms with Gasteiger partial charge in [0.05, 0.1) is 5.76 Å². The van der Waals surface area contributed by atoms with Gasteiger partial charge in [-0.3, -0.25) is 4.79 Å². The van der Waals surface area contributed by atoms with E-state index < -0.39 is 0 Å². The van der Waals surface area contributed by atoms with Gasteiger partial charge >= 0.3 is 0 Å². The normalized spacial score (nSPS) is 23.1. The molecule has 1 rings (SSSR count). The molecule has 0 aromatic heterocycles. The summed E-state index contributed by atoms with van der Waals surface area (Å²) in [5.41, 5.74) is 0.875. The summed E-state index contributed by atoms with van der Waals surface area (Å²) in [7, 11) is 0. The van der Waals surface area contributed by atoms with E-state index in [9.17, 15) is 4.79 Å². The van der Waals surface area contributed by atoms with Gasteiger partial charge in [-0.05, 0) is 25.0 Å². The third-order valence-corrected chi connectivity index (χ3v) is 1.58. The first-order valence-electron chi connectivity index (χ1n) is 3.30. The Labute approximate surface area is 59.9 Å². The lowest BCUT2D eigenvalue weighted by atomic mass is 10.0. The van der Waals surface area contributed by atoms with Crippen LogP contribution in [0.5, 0.6) is 0 Å². The number of ketones is 1. The summed E-state index contributed by atoms with van der Waals surface area (Å²) in [6.45, 7) is 1.63. The van der Waals surface area contributed by atoms with Crippen molar-refractivity contribution in [1.29, 1.82) is 0 Å². The third kappa shape index (κ3) is 1.47. The van der Waals surface area contributed by atoms with E-state index in [1.54, 1.807) is 13.0 Å². The first-order valence-corrected chi connectivity index (χ1v) is 3.30. The van der Waals surface area contributed by atoms with Gasteiger partial charge in [0.1, 0.15) is 0 Å². The number of carbonyl (C=O) groups excluding carboxylic acids is 1. The van der Waals surface area contributed by atoms with Crippen LogP contribution in [0.2, 0.25) is 0 Å². The summed E-state index contributed by atoms with van der Waals surface area (Å²) >= 11 is 0. The number of hydrogen-bond donors (Lipinski definition) is 1. The van der Waals surface area contributed by atoms with E-state index in [0.29, 0.717) is 18.6 Å². The molecule has 0 aliphatic heterocycles. The Morgan fingerprint density at radius 1 is 1.50 bits per heavy atom. The topological polar surface area (TPSA) is 37.3 Å². The van der Waals surface area contributed by atoms with Crippen molar-refractivity contribution in [2.45, 2.75) is 19.8 Å². The van der Waals surface area contributed by atoms with Crippen molar-refractivity contribution in [3.63, 3.8) is 0 Å². The highest BCUT2D eigenvalue weighted by molar-refractivity contribution is 5.91. The highest BCUT2D eigenvalue weighted by Gasteiger charge is 2.07. The molecule has 1 aliphatic carbocycles. The maximum atomic E-state index is 10.6. The van der Waals surface area contributed by atoms with E-state index in [4.69, 9.17) is 5.11 Å². The highest BCUT2D eigenvalue weighted by atomic mass is 16.3. The first-order chi connectivity index (χ1) is 4.70. The number of hydrogen-bond acceptors (Lipinski definition) is 2. The van der Waals surface area contributed by atoms with Gasteiger partial charge in [-0.15, -0.1) is 0 Å². The van der Waals surface area contributed by atoms with Gasteiger partial charge < -0.3 is 5.11 Å². The highest BCUT2D eigenvalue weighted by Crippen LogP contribution is 2.15. The van der Waals surface area contributed by atoms with Crippen molar-refractivity contribution >= 4 is 5.78 Å². The van der Waals surface area contributed by atoms with Gasteiger partial charge in [0.2, 0.25) is 0 Å². The van der Waals surface area contributed by atoms with Gasteiger partial charge in [-0.2, -0.15) is 0 Å². The molecule has 10 heavy (non-hydrogen) atoms. The Morgan fingerprint density at radius 2 is 2.20 bits per heavy atom. The van der Waals surface area contributed by atoms with Gasteiger partial charge in [0, 0.05) is 6.42 Å². The van der Waals surface area contributed by atoms with E-state index in [-0.39, 0.29) is 5.78 Å². The average Bonchev–Trinajstić information content (AvgIpc) is 1.88. The van der Waals surface area contributed by atoms with Crippen LogP contribution in [-0.2, 0) is 4.79 Å². The van der Waals surface area contributed by atoms with Crippen molar-refractivity contribution in [3.8, 4) is 0 Å². The Morgan fingerprint density at radius 3 is 2.60 bits per heavy atom. The second-order valence-electron chi connectivity index (χ2n) is 2.41. The fourth-order valence-electron chi connectivity index (χ4n) is 0.920. The maximum absolute atomic E-state index is 10.6. The van der Waals surface area contributed by atoms with E-state index in [1.807, 2.05) is 0 Å². The van der Waals surface area contributed by atoms with Crippen LogP contribution < -0.4 is 0 Å². The fraction of sp³-hybridized carbons (Fsp3) is 0.375. The molecule has 1 aliphatic rings. The SMILES string of the molecule is C/C(O)=C1/C=CC(=O)CC1. The summed E-state index contributed by atoms with van der Waals surface area (Å²) < 4.78 is 0. The van der Waals surface area contributed by atoms with Crippen LogP contribution in [0, 0.1) is 0 Å². The Bertz CT molecular complexity index is 207. The summed E-state index contributed by atoms with van der Waals surface area (Å²) in [5.74, 6) is 0.466. The lowest BCUT2D eigenvalue weighted by Crippen LogP contribution is -2.00. The van der Waals surface area contributed by atoms with Crippen LogP contribution in [0.4, 0.5) is 0 Å². The van der Waals surface area contributed by atoms with Crippen molar-refractivity contribution in [2.75, 3.05) is 0 Å². The summed E-state index contributed by atoms with van der Waals surface area (Å²) in [4.78, 5) is 10.6. The van der Waals surface area contributed by atoms with Gasteiger partial charge in [0.25, 0.3) is 0 Å². The fourth-order valence-corrected chi connectivity index (χ4v) is 0.920. The Hall–Kier alpha value is -1.05. The molecule has 0 bridgehead atoms. The molecule has 0 saturated carbocycles. The predicted octanol–water partition coefficient (Wildman–Crippen LogP) is 1.74. The lowest BCUT2D eigenvalue weighted by molar-refractivity contribution is -0.114. The van der Waals surface area contributed by atoms with Crippen molar-refractivity contribution in [1.82, 2.24) is 0 Å². The van der Waals surface area contributed by atoms with Gasteiger partial charge in [0.15, 0.2) is 5.78 Å². The van der Waals surface area contributed by atoms with Crippen LogP contribution >= 0.6 is 0 Å². The van der Waals surface area contributed by atoms with Crippen molar-refractivity contribution < 1.29 is 9.90 Å². The van der Waals surface area contributed by atoms with Crippen LogP contribution in [0.3, 0.4) is 0 Å². The molecule has 0 spiro atoms. The number of rotatable bonds is 0. The molecule has 2 nitrogen and oxygen atoms in total. The molecule has 0 unspecified atom stereocenters. The quantitative estimate of drug-likeness (QED) is 0.517. The molecule has 0 fully saturated rings. The van der Waals surface area contributed by atoms with E-state index >= 15 is 0 Å². The number of aliphatic hydroxyl groups excluding tert-OH is 1. The minimum absolute atomic E-state index is 0.144. The van der Waals surface area contributed by atoms with Crippen LogP contribution in [0.25, 0.3) is 0 Å². The lowest BCUT2D eigenvalue weighted by Gasteiger charge is -2.06. The van der Waals surface area contributed by atoms with Crippen molar-refractivity contribution in [3.05, 3.63) is 23.5 Å². The largest absolute Gasteiger partial charge is 0.512 e. The minimum atomic E-state index is 0.144. The molecule has 54 valence electrons. The van der Waals surface area contributed by atoms with E-state index in [0.717, 1.165) is 5.57 Å². The molecule has 0 atom stereocenters. The van der Waals surface area contributed by atoms with Crippen LogP contribution in [0.15, 0.2) is 23.5 Å². The molecule has 0 heterocycles. The zero-order valence-electron chi connectivity index (χ0n) is 5.92. The van der Waals surface area contributed by atoms with Crippen molar-refractivity contribution in [2.24, 2.45) is 0 Å². The zero-order valence-corrected chi connectivity index (χ0v) is 5.92. The number of allylic oxidation sites excluding steroid dienone is 4. The zero-order chi connectivity index (χ0) is 7.56. The number of carbonyl (C=O) groups is 1. The molecule has 0 saturated heterocycles. The Balaban J connectivity index is 2.80. The second kappa shape index (κ2) is 2.69. The maximum Gasteiger partial charge on any atom is 0.156 e. The van der Waals surface area contributed by atoms with E-state index in [2.05, 4.69) is 0 Å². The molecule has 2 heteroatoms. The third-order valence-electron chi connectivity index (χ3n) is 1.58. The molecular formula is C8H10O2. The smallest absolute Gasteiger partial charge is 0.156 e. The molecule has 0 radical (unpaired) electrons. The van der Waals surface area contributed by atoms with E-state index in [1.165, 1.54) is 6.08 Å². The summed E-state index contributed by atoms with van der Waals surface area (Å²) in [5, 5.41) is 8.98. The summed E-state index contributed by atoms with van der Waals surface area (Å²) in [6, 6.07) is 0. The van der Waals surface area contributed by atoms with Crippen LogP contribution in [0.1, 0.15) is 19.8 Å². The molecule has 0 aromatic rings. The monoisotopic (exact) mass is 138 g/mol. The van der Waals surface area contributed by atoms with Gasteiger partial charge in [-0.25, -0.2) is 0 Å².